The molecule has 5 nitrogen and oxygen atoms in total. The maximum absolute atomic E-state index is 13.2. The summed E-state index contributed by atoms with van der Waals surface area (Å²) in [6, 6.07) is 12.8. The Bertz CT molecular complexity index is 1070. The number of alkyl halides is 3. The van der Waals surface area contributed by atoms with E-state index in [-0.39, 0.29) is 29.8 Å². The normalized spacial score (nSPS) is 19.6. The number of likely N-dealkylation sites (tertiary alicyclic amines) is 1. The molecular weight excluding hydrogens is 417 g/mol. The molecule has 0 unspecified atom stereocenters. The lowest BCUT2D eigenvalue weighted by molar-refractivity contribution is -0.184. The molecule has 0 N–H and O–H groups in total. The summed E-state index contributed by atoms with van der Waals surface area (Å²) in [6.07, 6.45) is -3.50. The molecule has 4 rings (SSSR count). The van der Waals surface area contributed by atoms with E-state index >= 15 is 0 Å². The summed E-state index contributed by atoms with van der Waals surface area (Å²) in [5.74, 6) is -2.13. The molecule has 0 saturated carbocycles. The Morgan fingerprint density at radius 2 is 1.80 bits per heavy atom. The number of carbonyl (C=O) groups is 1. The Balaban J connectivity index is 1.59. The van der Waals surface area contributed by atoms with Crippen LogP contribution in [0.4, 0.5) is 18.9 Å². The van der Waals surface area contributed by atoms with E-state index in [0.717, 1.165) is 5.56 Å². The van der Waals surface area contributed by atoms with Gasteiger partial charge in [0, 0.05) is 25.2 Å². The molecule has 30 heavy (non-hydrogen) atoms. The van der Waals surface area contributed by atoms with Crippen LogP contribution in [0, 0.1) is 5.92 Å². The first-order chi connectivity index (χ1) is 14.2. The summed E-state index contributed by atoms with van der Waals surface area (Å²) in [6.45, 7) is 0.125. The third kappa shape index (κ3) is 3.78. The SMILES string of the molecule is O=C(c1cccc(S(=O)(=O)N2CCc3ccccc32)c1)N1CCC[C@@H](C(F)(F)F)C1. The fourth-order valence-corrected chi connectivity index (χ4v) is 5.64. The lowest BCUT2D eigenvalue weighted by Crippen LogP contribution is -2.44. The third-order valence-electron chi connectivity index (χ3n) is 5.69. The van der Waals surface area contributed by atoms with E-state index in [0.29, 0.717) is 18.7 Å². The highest BCUT2D eigenvalue weighted by molar-refractivity contribution is 7.92. The molecule has 0 bridgehead atoms. The van der Waals surface area contributed by atoms with Crippen LogP contribution in [-0.2, 0) is 16.4 Å². The summed E-state index contributed by atoms with van der Waals surface area (Å²) >= 11 is 0. The van der Waals surface area contributed by atoms with E-state index in [1.807, 2.05) is 12.1 Å². The summed E-state index contributed by atoms with van der Waals surface area (Å²) in [7, 11) is -3.89. The van der Waals surface area contributed by atoms with Crippen molar-refractivity contribution in [1.29, 1.82) is 0 Å². The number of sulfonamides is 1. The number of piperidine rings is 1. The predicted molar refractivity (Wildman–Crippen MR) is 106 cm³/mol. The first kappa shape index (κ1) is 20.7. The number of hydrogen-bond acceptors (Lipinski definition) is 3. The second-order valence-electron chi connectivity index (χ2n) is 7.62. The van der Waals surface area contributed by atoms with E-state index < -0.39 is 34.6 Å². The van der Waals surface area contributed by atoms with Crippen LogP contribution < -0.4 is 4.31 Å². The van der Waals surface area contributed by atoms with Crippen molar-refractivity contribution < 1.29 is 26.4 Å². The van der Waals surface area contributed by atoms with Crippen LogP contribution in [0.1, 0.15) is 28.8 Å². The number of halogens is 3. The van der Waals surface area contributed by atoms with Gasteiger partial charge in [-0.1, -0.05) is 24.3 Å². The van der Waals surface area contributed by atoms with Gasteiger partial charge in [-0.25, -0.2) is 8.42 Å². The zero-order valence-corrected chi connectivity index (χ0v) is 16.9. The summed E-state index contributed by atoms with van der Waals surface area (Å²) in [5, 5.41) is 0. The molecule has 0 spiro atoms. The number of nitrogens with zero attached hydrogens (tertiary/aromatic N) is 2. The van der Waals surface area contributed by atoms with Crippen molar-refractivity contribution >= 4 is 21.6 Å². The third-order valence-corrected chi connectivity index (χ3v) is 7.49. The van der Waals surface area contributed by atoms with Crippen LogP contribution in [-0.4, -0.2) is 45.0 Å². The number of para-hydroxylation sites is 1. The molecule has 1 atom stereocenters. The van der Waals surface area contributed by atoms with E-state index in [9.17, 15) is 26.4 Å². The van der Waals surface area contributed by atoms with Gasteiger partial charge in [0.2, 0.25) is 0 Å². The first-order valence-electron chi connectivity index (χ1n) is 9.74. The van der Waals surface area contributed by atoms with Crippen LogP contribution in [0.25, 0.3) is 0 Å². The zero-order chi connectivity index (χ0) is 21.5. The molecule has 2 aromatic carbocycles. The Morgan fingerprint density at radius 3 is 2.57 bits per heavy atom. The van der Waals surface area contributed by atoms with Crippen LogP contribution >= 0.6 is 0 Å². The number of hydrogen-bond donors (Lipinski definition) is 0. The number of amides is 1. The van der Waals surface area contributed by atoms with Gasteiger partial charge in [-0.2, -0.15) is 13.2 Å². The lowest BCUT2D eigenvalue weighted by atomic mass is 9.97. The van der Waals surface area contributed by atoms with Gasteiger partial charge in [0.05, 0.1) is 16.5 Å². The summed E-state index contributed by atoms with van der Waals surface area (Å²) in [5.41, 5.74) is 1.62. The van der Waals surface area contributed by atoms with Gasteiger partial charge in [0.1, 0.15) is 0 Å². The molecule has 160 valence electrons. The second-order valence-corrected chi connectivity index (χ2v) is 9.48. The highest BCUT2D eigenvalue weighted by Gasteiger charge is 2.43. The van der Waals surface area contributed by atoms with Gasteiger partial charge in [0.25, 0.3) is 15.9 Å². The van der Waals surface area contributed by atoms with Gasteiger partial charge in [0.15, 0.2) is 0 Å². The van der Waals surface area contributed by atoms with E-state index in [1.54, 1.807) is 12.1 Å². The first-order valence-corrected chi connectivity index (χ1v) is 11.2. The molecule has 9 heteroatoms. The molecule has 0 aromatic heterocycles. The van der Waals surface area contributed by atoms with Crippen molar-refractivity contribution in [3.63, 3.8) is 0 Å². The van der Waals surface area contributed by atoms with Gasteiger partial charge in [-0.3, -0.25) is 9.10 Å². The van der Waals surface area contributed by atoms with Crippen LogP contribution in [0.5, 0.6) is 0 Å². The van der Waals surface area contributed by atoms with Crippen LogP contribution in [0.2, 0.25) is 0 Å². The predicted octanol–water partition coefficient (Wildman–Crippen LogP) is 3.85. The molecule has 0 radical (unpaired) electrons. The van der Waals surface area contributed by atoms with Gasteiger partial charge >= 0.3 is 6.18 Å². The van der Waals surface area contributed by atoms with E-state index in [2.05, 4.69) is 0 Å². The molecule has 2 aromatic rings. The Labute approximate surface area is 173 Å². The lowest BCUT2D eigenvalue weighted by Gasteiger charge is -2.33. The largest absolute Gasteiger partial charge is 0.393 e. The Hall–Kier alpha value is -2.55. The molecule has 2 aliphatic rings. The fraction of sp³-hybridized carbons (Fsp3) is 0.381. The molecule has 1 fully saturated rings. The standard InChI is InChI=1S/C21H21F3N2O3S/c22-21(23,24)17-7-4-11-25(14-17)20(27)16-6-3-8-18(13-16)30(28,29)26-12-10-15-5-1-2-9-19(15)26/h1-3,5-6,8-9,13,17H,4,7,10-12,14H2/t17-/m1/s1. The topological polar surface area (TPSA) is 57.7 Å². The maximum atomic E-state index is 13.2. The zero-order valence-electron chi connectivity index (χ0n) is 16.1. The van der Waals surface area contributed by atoms with Crippen molar-refractivity contribution in [3.05, 3.63) is 59.7 Å². The average molecular weight is 438 g/mol. The van der Waals surface area contributed by atoms with Crippen molar-refractivity contribution in [2.45, 2.75) is 30.3 Å². The number of anilines is 1. The monoisotopic (exact) mass is 438 g/mol. The van der Waals surface area contributed by atoms with Crippen molar-refractivity contribution in [3.8, 4) is 0 Å². The number of fused-ring (bicyclic) bond motifs is 1. The fourth-order valence-electron chi connectivity index (χ4n) is 4.09. The highest BCUT2D eigenvalue weighted by atomic mass is 32.2. The number of carbonyl (C=O) groups excluding carboxylic acids is 1. The molecule has 0 aliphatic carbocycles. The quantitative estimate of drug-likeness (QED) is 0.732. The summed E-state index contributed by atoms with van der Waals surface area (Å²) < 4.78 is 66.9. The van der Waals surface area contributed by atoms with Crippen LogP contribution in [0.15, 0.2) is 53.4 Å². The minimum Gasteiger partial charge on any atom is -0.338 e. The number of benzene rings is 2. The van der Waals surface area contributed by atoms with Gasteiger partial charge in [-0.05, 0) is 49.1 Å². The molecule has 2 aliphatic heterocycles. The van der Waals surface area contributed by atoms with E-state index in [4.69, 9.17) is 0 Å². The van der Waals surface area contributed by atoms with E-state index in [1.165, 1.54) is 33.5 Å². The smallest absolute Gasteiger partial charge is 0.338 e. The van der Waals surface area contributed by atoms with Gasteiger partial charge < -0.3 is 4.90 Å². The average Bonchev–Trinajstić information content (AvgIpc) is 3.18. The Kier molecular flexibility index (Phi) is 5.25. The molecular formula is C21H21F3N2O3S. The number of rotatable bonds is 3. The Morgan fingerprint density at radius 1 is 1.03 bits per heavy atom. The van der Waals surface area contributed by atoms with Crippen LogP contribution in [0.3, 0.4) is 0 Å². The maximum Gasteiger partial charge on any atom is 0.393 e. The summed E-state index contributed by atoms with van der Waals surface area (Å²) in [4.78, 5) is 13.9. The molecule has 1 saturated heterocycles. The van der Waals surface area contributed by atoms with Crippen molar-refractivity contribution in [2.24, 2.45) is 5.92 Å². The minimum absolute atomic E-state index is 0.00390. The highest BCUT2D eigenvalue weighted by Crippen LogP contribution is 2.35. The minimum atomic E-state index is -4.35. The van der Waals surface area contributed by atoms with Gasteiger partial charge in [-0.15, -0.1) is 0 Å². The van der Waals surface area contributed by atoms with Crippen molar-refractivity contribution in [2.75, 3.05) is 23.9 Å². The second kappa shape index (κ2) is 7.61. The molecule has 1 amide bonds. The van der Waals surface area contributed by atoms with Crippen molar-refractivity contribution in [1.82, 2.24) is 4.90 Å². The molecule has 2 heterocycles.